The van der Waals surface area contributed by atoms with Crippen molar-refractivity contribution in [2.75, 3.05) is 12.0 Å². The molecule has 5 rings (SSSR count). The maximum absolute atomic E-state index is 14.0. The average molecular weight is 508 g/mol. The average Bonchev–Trinajstić information content (AvgIpc) is 3.46. The predicted octanol–water partition coefficient (Wildman–Crippen LogP) is 5.78. The Morgan fingerprint density at radius 1 is 1.08 bits per heavy atom. The molecular formula is C29H21N3O4S. The number of hydrogen-bond donors (Lipinski definition) is 1. The topological polar surface area (TPSA) is 104 Å². The second-order valence-electron chi connectivity index (χ2n) is 8.40. The Morgan fingerprint density at radius 3 is 2.49 bits per heavy atom. The van der Waals surface area contributed by atoms with Crippen molar-refractivity contribution in [1.82, 2.24) is 4.98 Å². The van der Waals surface area contributed by atoms with E-state index in [1.165, 1.54) is 23.3 Å². The first kappa shape index (κ1) is 24.0. The Labute approximate surface area is 217 Å². The van der Waals surface area contributed by atoms with E-state index in [2.05, 4.69) is 11.1 Å². The number of Topliss-reactive ketones (excluding diaryl/α,β-unsaturated/α-hetero) is 1. The van der Waals surface area contributed by atoms with Crippen LogP contribution in [0.25, 0.3) is 10.6 Å². The number of methoxy groups -OCH3 is 1. The number of nitrogens with zero attached hydrogens (tertiary/aromatic N) is 3. The lowest BCUT2D eigenvalue weighted by atomic mass is 9.94. The molecule has 37 heavy (non-hydrogen) atoms. The van der Waals surface area contributed by atoms with Gasteiger partial charge < -0.3 is 9.84 Å². The van der Waals surface area contributed by atoms with Crippen molar-refractivity contribution in [2.45, 2.75) is 13.0 Å². The van der Waals surface area contributed by atoms with Crippen molar-refractivity contribution in [2.24, 2.45) is 0 Å². The molecule has 0 aliphatic carbocycles. The molecule has 2 heterocycles. The van der Waals surface area contributed by atoms with E-state index < -0.39 is 23.5 Å². The molecule has 182 valence electrons. The maximum atomic E-state index is 14.0. The number of nitriles is 1. The smallest absolute Gasteiger partial charge is 0.294 e. The SMILES string of the molecule is COc1cccc(C2C(C(=O)c3sc(-c4ccccc4)nc3C)=C(O)C(=O)N2c2ccc(C#N)cc2)c1. The van der Waals surface area contributed by atoms with Crippen LogP contribution in [-0.4, -0.2) is 28.9 Å². The Balaban J connectivity index is 1.64. The van der Waals surface area contributed by atoms with Crippen LogP contribution in [0.5, 0.6) is 5.75 Å². The number of ketones is 1. The minimum absolute atomic E-state index is 0.0334. The molecule has 7 nitrogen and oxygen atoms in total. The van der Waals surface area contributed by atoms with Gasteiger partial charge in [0.25, 0.3) is 5.91 Å². The molecule has 1 aromatic heterocycles. The second-order valence-corrected chi connectivity index (χ2v) is 9.40. The summed E-state index contributed by atoms with van der Waals surface area (Å²) in [5, 5.41) is 20.9. The van der Waals surface area contributed by atoms with Crippen molar-refractivity contribution in [3.63, 3.8) is 0 Å². The van der Waals surface area contributed by atoms with Crippen molar-refractivity contribution in [3.05, 3.63) is 112 Å². The van der Waals surface area contributed by atoms with Crippen LogP contribution in [0.15, 0.2) is 90.2 Å². The summed E-state index contributed by atoms with van der Waals surface area (Å²) in [7, 11) is 1.53. The van der Waals surface area contributed by atoms with Gasteiger partial charge in [-0.2, -0.15) is 5.26 Å². The number of ether oxygens (including phenoxy) is 1. The summed E-state index contributed by atoms with van der Waals surface area (Å²) in [5.41, 5.74) is 2.82. The predicted molar refractivity (Wildman–Crippen MR) is 141 cm³/mol. The Bertz CT molecular complexity index is 1580. The second kappa shape index (κ2) is 9.72. The fourth-order valence-corrected chi connectivity index (χ4v) is 5.39. The summed E-state index contributed by atoms with van der Waals surface area (Å²) in [5.74, 6) is -1.24. The van der Waals surface area contributed by atoms with Gasteiger partial charge in [0.05, 0.1) is 40.9 Å². The molecule has 0 saturated heterocycles. The lowest BCUT2D eigenvalue weighted by molar-refractivity contribution is -0.117. The van der Waals surface area contributed by atoms with Crippen LogP contribution in [0, 0.1) is 18.3 Å². The standard InChI is InChI=1S/C29H21N3O4S/c1-17-27(37-28(31-17)19-7-4-3-5-8-19)25(33)23-24(20-9-6-10-22(15-20)36-2)32(29(35)26(23)34)21-13-11-18(16-30)12-14-21/h3-15,24,34H,1-2H3. The fraction of sp³-hybridized carbons (Fsp3) is 0.103. The van der Waals surface area contributed by atoms with Crippen molar-refractivity contribution in [3.8, 4) is 22.4 Å². The molecule has 0 fully saturated rings. The lowest BCUT2D eigenvalue weighted by Gasteiger charge is -2.27. The maximum Gasteiger partial charge on any atom is 0.294 e. The lowest BCUT2D eigenvalue weighted by Crippen LogP contribution is -2.31. The first-order valence-electron chi connectivity index (χ1n) is 11.4. The number of carbonyl (C=O) groups is 2. The van der Waals surface area contributed by atoms with E-state index in [9.17, 15) is 20.0 Å². The molecule has 0 radical (unpaired) electrons. The molecule has 8 heteroatoms. The van der Waals surface area contributed by atoms with E-state index in [0.29, 0.717) is 38.1 Å². The van der Waals surface area contributed by atoms with Crippen molar-refractivity contribution in [1.29, 1.82) is 5.26 Å². The summed E-state index contributed by atoms with van der Waals surface area (Å²) in [6.45, 7) is 1.74. The summed E-state index contributed by atoms with van der Waals surface area (Å²) in [6, 6.07) is 24.1. The monoisotopic (exact) mass is 507 g/mol. The first-order chi connectivity index (χ1) is 17.9. The molecule has 0 spiro atoms. The van der Waals surface area contributed by atoms with E-state index in [0.717, 1.165) is 5.56 Å². The third kappa shape index (κ3) is 4.26. The molecule has 1 aliphatic heterocycles. The van der Waals surface area contributed by atoms with Crippen LogP contribution in [0.1, 0.15) is 32.5 Å². The zero-order valence-corrected chi connectivity index (χ0v) is 20.8. The highest BCUT2D eigenvalue weighted by Gasteiger charge is 2.45. The van der Waals surface area contributed by atoms with E-state index in [4.69, 9.17) is 4.74 Å². The number of anilines is 1. The van der Waals surface area contributed by atoms with Gasteiger partial charge in [0, 0.05) is 11.3 Å². The van der Waals surface area contributed by atoms with Gasteiger partial charge in [0.1, 0.15) is 10.8 Å². The minimum Gasteiger partial charge on any atom is -0.503 e. The van der Waals surface area contributed by atoms with Gasteiger partial charge in [-0.3, -0.25) is 14.5 Å². The highest BCUT2D eigenvalue weighted by Crippen LogP contribution is 2.44. The van der Waals surface area contributed by atoms with Crippen LogP contribution in [0.4, 0.5) is 5.69 Å². The number of benzene rings is 3. The number of rotatable bonds is 6. The van der Waals surface area contributed by atoms with Crippen LogP contribution in [0.3, 0.4) is 0 Å². The van der Waals surface area contributed by atoms with E-state index in [-0.39, 0.29) is 5.57 Å². The number of aliphatic hydroxyl groups excluding tert-OH is 1. The minimum atomic E-state index is -0.912. The van der Waals surface area contributed by atoms with Gasteiger partial charge in [-0.05, 0) is 48.9 Å². The quantitative estimate of drug-likeness (QED) is 0.332. The molecule has 1 amide bonds. The normalized spacial score (nSPS) is 15.1. The third-order valence-electron chi connectivity index (χ3n) is 6.16. The van der Waals surface area contributed by atoms with Crippen LogP contribution < -0.4 is 9.64 Å². The fourth-order valence-electron chi connectivity index (χ4n) is 4.36. The molecule has 4 aromatic rings. The Hall–Kier alpha value is -4.74. The van der Waals surface area contributed by atoms with Crippen molar-refractivity contribution < 1.29 is 19.4 Å². The number of thiazole rings is 1. The molecule has 1 unspecified atom stereocenters. The molecular weight excluding hydrogens is 486 g/mol. The third-order valence-corrected chi connectivity index (χ3v) is 7.37. The van der Waals surface area contributed by atoms with Crippen LogP contribution in [0.2, 0.25) is 0 Å². The molecule has 1 N–H and O–H groups in total. The van der Waals surface area contributed by atoms with Crippen LogP contribution in [-0.2, 0) is 4.79 Å². The highest BCUT2D eigenvalue weighted by atomic mass is 32.1. The Morgan fingerprint density at radius 2 is 1.81 bits per heavy atom. The van der Waals surface area contributed by atoms with E-state index in [1.807, 2.05) is 30.3 Å². The number of hydrogen-bond acceptors (Lipinski definition) is 7. The zero-order chi connectivity index (χ0) is 26.1. The van der Waals surface area contributed by atoms with Gasteiger partial charge in [0.2, 0.25) is 5.78 Å². The van der Waals surface area contributed by atoms with Gasteiger partial charge in [-0.25, -0.2) is 4.98 Å². The Kier molecular flexibility index (Phi) is 6.30. The van der Waals surface area contributed by atoms with E-state index in [1.54, 1.807) is 55.5 Å². The van der Waals surface area contributed by atoms with Gasteiger partial charge >= 0.3 is 0 Å². The van der Waals surface area contributed by atoms with Gasteiger partial charge in [-0.15, -0.1) is 11.3 Å². The number of aliphatic hydroxyl groups is 1. The molecule has 1 aliphatic rings. The summed E-state index contributed by atoms with van der Waals surface area (Å²) in [6.07, 6.45) is 0. The van der Waals surface area contributed by atoms with Gasteiger partial charge in [-0.1, -0.05) is 42.5 Å². The number of carbonyl (C=O) groups excluding carboxylic acids is 2. The van der Waals surface area contributed by atoms with Crippen molar-refractivity contribution >= 4 is 28.7 Å². The first-order valence-corrected chi connectivity index (χ1v) is 12.2. The number of aryl methyl sites for hydroxylation is 1. The number of amides is 1. The summed E-state index contributed by atoms with van der Waals surface area (Å²) in [4.78, 5) is 33.7. The van der Waals surface area contributed by atoms with Gasteiger partial charge in [0.15, 0.2) is 5.76 Å². The summed E-state index contributed by atoms with van der Waals surface area (Å²) < 4.78 is 5.38. The zero-order valence-electron chi connectivity index (χ0n) is 20.0. The largest absolute Gasteiger partial charge is 0.503 e. The summed E-state index contributed by atoms with van der Waals surface area (Å²) >= 11 is 1.22. The van der Waals surface area contributed by atoms with E-state index >= 15 is 0 Å². The molecule has 0 saturated carbocycles. The van der Waals surface area contributed by atoms with Crippen LogP contribution >= 0.6 is 11.3 Å². The molecule has 0 bridgehead atoms. The highest BCUT2D eigenvalue weighted by molar-refractivity contribution is 7.17. The number of aromatic nitrogens is 1. The molecule has 1 atom stereocenters. The molecule has 3 aromatic carbocycles.